The standard InChI is InChI=1S/C7H10O6/c1-11-6(9)3-5(13-4-8)7(10)12-2/h4-5H,3H2,1-2H3. The summed E-state index contributed by atoms with van der Waals surface area (Å²) < 4.78 is 12.9. The van der Waals surface area contributed by atoms with E-state index < -0.39 is 18.0 Å². The van der Waals surface area contributed by atoms with E-state index in [1.807, 2.05) is 0 Å². The molecule has 0 N–H and O–H groups in total. The number of carbonyl (C=O) groups excluding carboxylic acids is 3. The normalized spacial score (nSPS) is 11.2. The molecule has 0 radical (unpaired) electrons. The van der Waals surface area contributed by atoms with Gasteiger partial charge in [-0.25, -0.2) is 4.79 Å². The molecule has 13 heavy (non-hydrogen) atoms. The number of ether oxygens (including phenoxy) is 3. The lowest BCUT2D eigenvalue weighted by Gasteiger charge is -2.10. The molecule has 0 saturated heterocycles. The van der Waals surface area contributed by atoms with Crippen LogP contribution in [-0.2, 0) is 28.6 Å². The first kappa shape index (κ1) is 11.4. The Kier molecular flexibility index (Phi) is 5.25. The van der Waals surface area contributed by atoms with Crippen molar-refractivity contribution < 1.29 is 28.6 Å². The molecule has 0 saturated carbocycles. The minimum absolute atomic E-state index is 0.0739. The molecule has 0 aromatic carbocycles. The SMILES string of the molecule is COC(=O)CC(OC=O)C(=O)OC. The summed E-state index contributed by atoms with van der Waals surface area (Å²) in [6.07, 6.45) is -1.57. The molecule has 0 aliphatic heterocycles. The second-order valence-electron chi connectivity index (χ2n) is 2.02. The van der Waals surface area contributed by atoms with Crippen LogP contribution in [-0.4, -0.2) is 38.7 Å². The molecule has 0 amide bonds. The van der Waals surface area contributed by atoms with Crippen molar-refractivity contribution in [3.63, 3.8) is 0 Å². The minimum Gasteiger partial charge on any atom is -0.469 e. The Labute approximate surface area is 74.8 Å². The van der Waals surface area contributed by atoms with Gasteiger partial charge < -0.3 is 14.2 Å². The van der Waals surface area contributed by atoms with Crippen LogP contribution in [0, 0.1) is 0 Å². The number of rotatable bonds is 5. The van der Waals surface area contributed by atoms with Crippen molar-refractivity contribution in [1.29, 1.82) is 0 Å². The molecular weight excluding hydrogens is 180 g/mol. The highest BCUT2D eigenvalue weighted by Gasteiger charge is 2.24. The highest BCUT2D eigenvalue weighted by atomic mass is 16.6. The van der Waals surface area contributed by atoms with Gasteiger partial charge in [0.05, 0.1) is 20.6 Å². The van der Waals surface area contributed by atoms with E-state index in [9.17, 15) is 14.4 Å². The number of hydrogen-bond donors (Lipinski definition) is 0. The molecule has 0 rings (SSSR count). The van der Waals surface area contributed by atoms with Crippen LogP contribution in [0.2, 0.25) is 0 Å². The first-order valence-corrected chi connectivity index (χ1v) is 3.39. The van der Waals surface area contributed by atoms with Crippen molar-refractivity contribution in [1.82, 2.24) is 0 Å². The molecule has 0 spiro atoms. The number of carbonyl (C=O) groups is 3. The van der Waals surface area contributed by atoms with Crippen molar-refractivity contribution in [2.75, 3.05) is 14.2 Å². The summed E-state index contributed by atoms with van der Waals surface area (Å²) in [6.45, 7) is 0.0739. The lowest BCUT2D eigenvalue weighted by molar-refractivity contribution is -0.163. The van der Waals surface area contributed by atoms with Gasteiger partial charge >= 0.3 is 11.9 Å². The molecule has 0 aliphatic rings. The summed E-state index contributed by atoms with van der Waals surface area (Å²) in [7, 11) is 2.29. The molecule has 74 valence electrons. The summed E-state index contributed by atoms with van der Waals surface area (Å²) >= 11 is 0. The van der Waals surface area contributed by atoms with Gasteiger partial charge in [-0.15, -0.1) is 0 Å². The fraction of sp³-hybridized carbons (Fsp3) is 0.571. The van der Waals surface area contributed by atoms with Gasteiger partial charge in [0.2, 0.25) is 6.10 Å². The summed E-state index contributed by atoms with van der Waals surface area (Å²) in [4.78, 5) is 31.5. The third kappa shape index (κ3) is 4.09. The lowest BCUT2D eigenvalue weighted by atomic mass is 10.2. The van der Waals surface area contributed by atoms with Crippen LogP contribution >= 0.6 is 0 Å². The molecule has 6 nitrogen and oxygen atoms in total. The maximum absolute atomic E-state index is 10.8. The van der Waals surface area contributed by atoms with Gasteiger partial charge in [0.15, 0.2) is 0 Å². The summed E-state index contributed by atoms with van der Waals surface area (Å²) in [5, 5.41) is 0. The molecule has 1 atom stereocenters. The zero-order valence-electron chi connectivity index (χ0n) is 7.31. The smallest absolute Gasteiger partial charge is 0.347 e. The monoisotopic (exact) mass is 190 g/mol. The minimum atomic E-state index is -1.23. The Hall–Kier alpha value is -1.59. The molecule has 0 aromatic rings. The van der Waals surface area contributed by atoms with Crippen LogP contribution in [0.5, 0.6) is 0 Å². The maximum Gasteiger partial charge on any atom is 0.347 e. The number of esters is 2. The Morgan fingerprint density at radius 3 is 2.31 bits per heavy atom. The number of hydrogen-bond acceptors (Lipinski definition) is 6. The first-order valence-electron chi connectivity index (χ1n) is 3.39. The van der Waals surface area contributed by atoms with Crippen molar-refractivity contribution in [2.24, 2.45) is 0 Å². The molecule has 0 fully saturated rings. The predicted octanol–water partition coefficient (Wildman–Crippen LogP) is -0.736. The average molecular weight is 190 g/mol. The Morgan fingerprint density at radius 1 is 1.31 bits per heavy atom. The van der Waals surface area contributed by atoms with Gasteiger partial charge in [-0.05, 0) is 0 Å². The molecule has 0 bridgehead atoms. The van der Waals surface area contributed by atoms with Gasteiger partial charge in [0, 0.05) is 0 Å². The molecule has 0 aliphatic carbocycles. The highest BCUT2D eigenvalue weighted by molar-refractivity contribution is 5.82. The van der Waals surface area contributed by atoms with E-state index in [1.165, 1.54) is 0 Å². The molecule has 0 heterocycles. The van der Waals surface area contributed by atoms with E-state index in [2.05, 4.69) is 14.2 Å². The van der Waals surface area contributed by atoms with Gasteiger partial charge in [0.25, 0.3) is 6.47 Å². The van der Waals surface area contributed by atoms with Gasteiger partial charge in [-0.2, -0.15) is 0 Å². The van der Waals surface area contributed by atoms with E-state index in [1.54, 1.807) is 0 Å². The highest BCUT2D eigenvalue weighted by Crippen LogP contribution is 2.00. The van der Waals surface area contributed by atoms with Crippen LogP contribution < -0.4 is 0 Å². The zero-order valence-corrected chi connectivity index (χ0v) is 7.31. The fourth-order valence-electron chi connectivity index (χ4n) is 0.620. The summed E-state index contributed by atoms with van der Waals surface area (Å²) in [5.74, 6) is -1.45. The van der Waals surface area contributed by atoms with E-state index >= 15 is 0 Å². The van der Waals surface area contributed by atoms with Crippen LogP contribution in [0.15, 0.2) is 0 Å². The third-order valence-electron chi connectivity index (χ3n) is 1.26. The fourth-order valence-corrected chi connectivity index (χ4v) is 0.620. The van der Waals surface area contributed by atoms with Gasteiger partial charge in [0.1, 0.15) is 0 Å². The second kappa shape index (κ2) is 5.99. The van der Waals surface area contributed by atoms with E-state index in [4.69, 9.17) is 0 Å². The van der Waals surface area contributed by atoms with Crippen molar-refractivity contribution in [3.8, 4) is 0 Å². The summed E-state index contributed by atoms with van der Waals surface area (Å²) in [5.41, 5.74) is 0. The van der Waals surface area contributed by atoms with Crippen LogP contribution in [0.4, 0.5) is 0 Å². The molecular formula is C7H10O6. The molecule has 6 heteroatoms. The van der Waals surface area contributed by atoms with Crippen molar-refractivity contribution >= 4 is 18.4 Å². The zero-order chi connectivity index (χ0) is 10.3. The van der Waals surface area contributed by atoms with E-state index in [0.29, 0.717) is 0 Å². The number of methoxy groups -OCH3 is 2. The molecule has 0 aromatic heterocycles. The average Bonchev–Trinajstić information content (AvgIpc) is 2.15. The Bertz CT molecular complexity index is 199. The summed E-state index contributed by atoms with van der Waals surface area (Å²) in [6, 6.07) is 0. The lowest BCUT2D eigenvalue weighted by Crippen LogP contribution is -2.28. The van der Waals surface area contributed by atoms with Crippen LogP contribution in [0.25, 0.3) is 0 Å². The predicted molar refractivity (Wildman–Crippen MR) is 39.6 cm³/mol. The van der Waals surface area contributed by atoms with Crippen molar-refractivity contribution in [3.05, 3.63) is 0 Å². The second-order valence-corrected chi connectivity index (χ2v) is 2.02. The topological polar surface area (TPSA) is 78.9 Å². The van der Waals surface area contributed by atoms with Crippen LogP contribution in [0.1, 0.15) is 6.42 Å². The maximum atomic E-state index is 10.8. The van der Waals surface area contributed by atoms with Gasteiger partial charge in [-0.3, -0.25) is 9.59 Å². The van der Waals surface area contributed by atoms with Crippen LogP contribution in [0.3, 0.4) is 0 Å². The largest absolute Gasteiger partial charge is 0.469 e. The molecule has 1 unspecified atom stereocenters. The van der Waals surface area contributed by atoms with E-state index in [-0.39, 0.29) is 12.9 Å². The Morgan fingerprint density at radius 2 is 1.92 bits per heavy atom. The van der Waals surface area contributed by atoms with Crippen molar-refractivity contribution in [2.45, 2.75) is 12.5 Å². The third-order valence-corrected chi connectivity index (χ3v) is 1.26. The van der Waals surface area contributed by atoms with E-state index in [0.717, 1.165) is 14.2 Å². The van der Waals surface area contributed by atoms with Gasteiger partial charge in [-0.1, -0.05) is 0 Å². The Balaban J connectivity index is 4.16. The quantitative estimate of drug-likeness (QED) is 0.323. The first-order chi connectivity index (χ1) is 6.15.